The number of hydrogen-bond donors (Lipinski definition) is 1. The minimum atomic E-state index is -0.590. The van der Waals surface area contributed by atoms with Crippen LogP contribution in [0, 0.1) is 11.7 Å². The van der Waals surface area contributed by atoms with E-state index in [-0.39, 0.29) is 18.1 Å². The standard InChI is InChI=1S/C22H25FN2O4/c23-17-8-6-15(7-9-17)12-25-19(29-14-16-4-2-1-3-5-16)13-24-11-10-18(26)21(27)20(24)22(25)28/h6-11,16,19,27H,1-5,12-14H2. The number of carbonyl (C=O) groups excluding carboxylic acids is 1. The number of hydrogen-bond acceptors (Lipinski definition) is 4. The van der Waals surface area contributed by atoms with E-state index in [2.05, 4.69) is 0 Å². The van der Waals surface area contributed by atoms with Crippen LogP contribution in [0.25, 0.3) is 0 Å². The van der Waals surface area contributed by atoms with Gasteiger partial charge in [-0.05, 0) is 36.5 Å². The first-order chi connectivity index (χ1) is 14.0. The molecule has 29 heavy (non-hydrogen) atoms. The molecule has 1 saturated carbocycles. The van der Waals surface area contributed by atoms with Gasteiger partial charge >= 0.3 is 0 Å². The maximum atomic E-state index is 13.3. The highest BCUT2D eigenvalue weighted by atomic mass is 19.1. The molecule has 7 heteroatoms. The Morgan fingerprint density at radius 2 is 1.79 bits per heavy atom. The quantitative estimate of drug-likeness (QED) is 0.836. The van der Waals surface area contributed by atoms with Crippen LogP contribution in [-0.2, 0) is 17.8 Å². The zero-order valence-electron chi connectivity index (χ0n) is 16.2. The van der Waals surface area contributed by atoms with Crippen molar-refractivity contribution in [2.24, 2.45) is 5.92 Å². The van der Waals surface area contributed by atoms with Gasteiger partial charge in [0.15, 0.2) is 17.7 Å². The molecule has 1 amide bonds. The highest BCUT2D eigenvalue weighted by Gasteiger charge is 2.35. The Morgan fingerprint density at radius 1 is 1.07 bits per heavy atom. The summed E-state index contributed by atoms with van der Waals surface area (Å²) in [6, 6.07) is 7.18. The van der Waals surface area contributed by atoms with E-state index in [1.54, 1.807) is 16.7 Å². The first-order valence-corrected chi connectivity index (χ1v) is 10.1. The number of benzene rings is 1. The van der Waals surface area contributed by atoms with E-state index >= 15 is 0 Å². The SMILES string of the molecule is O=C1c2c(O)c(=O)ccn2CC(OCC2CCCCC2)N1Cc1ccc(F)cc1. The summed E-state index contributed by atoms with van der Waals surface area (Å²) in [5.74, 6) is -0.884. The third-order valence-electron chi connectivity index (χ3n) is 5.83. The molecule has 6 nitrogen and oxygen atoms in total. The highest BCUT2D eigenvalue weighted by molar-refractivity contribution is 5.95. The molecule has 0 radical (unpaired) electrons. The number of amides is 1. The van der Waals surface area contributed by atoms with Gasteiger partial charge in [-0.1, -0.05) is 31.4 Å². The van der Waals surface area contributed by atoms with Crippen molar-refractivity contribution in [1.82, 2.24) is 9.47 Å². The first kappa shape index (κ1) is 19.6. The minimum absolute atomic E-state index is 0.0304. The summed E-state index contributed by atoms with van der Waals surface area (Å²) in [5, 5.41) is 10.2. The second-order valence-corrected chi connectivity index (χ2v) is 7.88. The molecular weight excluding hydrogens is 375 g/mol. The number of carbonyl (C=O) groups is 1. The van der Waals surface area contributed by atoms with Crippen LogP contribution in [0.1, 0.15) is 48.2 Å². The lowest BCUT2D eigenvalue weighted by Crippen LogP contribution is -2.50. The third kappa shape index (κ3) is 4.19. The van der Waals surface area contributed by atoms with Crippen LogP contribution in [0.2, 0.25) is 0 Å². The smallest absolute Gasteiger partial charge is 0.276 e. The fourth-order valence-electron chi connectivity index (χ4n) is 4.18. The average molecular weight is 400 g/mol. The van der Waals surface area contributed by atoms with Gasteiger partial charge in [0.1, 0.15) is 5.82 Å². The maximum absolute atomic E-state index is 13.3. The molecule has 0 bridgehead atoms. The van der Waals surface area contributed by atoms with Crippen molar-refractivity contribution in [2.75, 3.05) is 6.61 Å². The number of ether oxygens (including phenoxy) is 1. The Bertz CT molecular complexity index is 935. The van der Waals surface area contributed by atoms with E-state index in [0.29, 0.717) is 19.1 Å². The summed E-state index contributed by atoms with van der Waals surface area (Å²) in [6.45, 7) is 1.10. The monoisotopic (exact) mass is 400 g/mol. The van der Waals surface area contributed by atoms with Crippen molar-refractivity contribution in [3.8, 4) is 5.75 Å². The van der Waals surface area contributed by atoms with E-state index in [1.807, 2.05) is 0 Å². The number of aromatic nitrogens is 1. The lowest BCUT2D eigenvalue weighted by atomic mass is 9.90. The molecule has 4 rings (SSSR count). The Kier molecular flexibility index (Phi) is 5.67. The van der Waals surface area contributed by atoms with Gasteiger partial charge in [0.25, 0.3) is 5.91 Å². The van der Waals surface area contributed by atoms with Crippen LogP contribution in [0.5, 0.6) is 5.75 Å². The molecule has 1 fully saturated rings. The van der Waals surface area contributed by atoms with Crippen molar-refractivity contribution in [3.63, 3.8) is 0 Å². The summed E-state index contributed by atoms with van der Waals surface area (Å²) in [5.41, 5.74) is 0.127. The molecule has 1 aliphatic carbocycles. The molecule has 1 N–H and O–H groups in total. The summed E-state index contributed by atoms with van der Waals surface area (Å²) in [4.78, 5) is 26.5. The second kappa shape index (κ2) is 8.37. The third-order valence-corrected chi connectivity index (χ3v) is 5.83. The van der Waals surface area contributed by atoms with Gasteiger partial charge in [0, 0.05) is 18.8 Å². The molecule has 0 spiro atoms. The molecule has 1 aromatic carbocycles. The molecule has 1 atom stereocenters. The largest absolute Gasteiger partial charge is 0.503 e. The fraction of sp³-hybridized carbons (Fsp3) is 0.455. The molecule has 2 heterocycles. The summed E-state index contributed by atoms with van der Waals surface area (Å²) >= 11 is 0. The molecule has 2 aromatic rings. The number of halogens is 1. The van der Waals surface area contributed by atoms with E-state index in [1.165, 1.54) is 48.6 Å². The van der Waals surface area contributed by atoms with E-state index < -0.39 is 23.3 Å². The van der Waals surface area contributed by atoms with Gasteiger partial charge in [0.2, 0.25) is 5.43 Å². The number of pyridine rings is 1. The second-order valence-electron chi connectivity index (χ2n) is 7.88. The maximum Gasteiger partial charge on any atom is 0.276 e. The highest BCUT2D eigenvalue weighted by Crippen LogP contribution is 2.28. The topological polar surface area (TPSA) is 71.8 Å². The van der Waals surface area contributed by atoms with Crippen molar-refractivity contribution >= 4 is 5.91 Å². The van der Waals surface area contributed by atoms with Crippen LogP contribution in [0.3, 0.4) is 0 Å². The van der Waals surface area contributed by atoms with Gasteiger partial charge < -0.3 is 19.3 Å². The fourth-order valence-corrected chi connectivity index (χ4v) is 4.18. The summed E-state index contributed by atoms with van der Waals surface area (Å²) < 4.78 is 21.0. The van der Waals surface area contributed by atoms with Crippen molar-refractivity contribution in [2.45, 2.75) is 51.4 Å². The van der Waals surface area contributed by atoms with Crippen LogP contribution in [0.15, 0.2) is 41.3 Å². The van der Waals surface area contributed by atoms with Crippen LogP contribution < -0.4 is 5.43 Å². The summed E-state index contributed by atoms with van der Waals surface area (Å²) in [7, 11) is 0. The van der Waals surface area contributed by atoms with Gasteiger partial charge in [0.05, 0.1) is 13.2 Å². The zero-order chi connectivity index (χ0) is 20.4. The molecular formula is C22H25FN2O4. The Balaban J connectivity index is 1.60. The summed E-state index contributed by atoms with van der Waals surface area (Å²) in [6.07, 6.45) is 6.91. The molecule has 1 aliphatic heterocycles. The van der Waals surface area contributed by atoms with Crippen molar-refractivity contribution in [1.29, 1.82) is 0 Å². The number of fused-ring (bicyclic) bond motifs is 1. The van der Waals surface area contributed by atoms with Gasteiger partial charge in [-0.25, -0.2) is 4.39 Å². The lowest BCUT2D eigenvalue weighted by molar-refractivity contribution is -0.0795. The van der Waals surface area contributed by atoms with Crippen LogP contribution >= 0.6 is 0 Å². The van der Waals surface area contributed by atoms with Gasteiger partial charge in [-0.3, -0.25) is 9.59 Å². The number of nitrogens with zero attached hydrogens (tertiary/aromatic N) is 2. The molecule has 0 saturated heterocycles. The van der Waals surface area contributed by atoms with Crippen LogP contribution in [0.4, 0.5) is 4.39 Å². The van der Waals surface area contributed by atoms with E-state index in [9.17, 15) is 19.1 Å². The Morgan fingerprint density at radius 3 is 2.52 bits per heavy atom. The average Bonchev–Trinajstić information content (AvgIpc) is 2.73. The van der Waals surface area contributed by atoms with Crippen molar-refractivity contribution in [3.05, 3.63) is 63.8 Å². The van der Waals surface area contributed by atoms with Crippen LogP contribution in [-0.4, -0.2) is 33.3 Å². The number of rotatable bonds is 5. The molecule has 1 aromatic heterocycles. The Hall–Kier alpha value is -2.67. The van der Waals surface area contributed by atoms with Gasteiger partial charge in [-0.15, -0.1) is 0 Å². The van der Waals surface area contributed by atoms with E-state index in [0.717, 1.165) is 18.4 Å². The molecule has 2 aliphatic rings. The molecule has 1 unspecified atom stereocenters. The predicted octanol–water partition coefficient (Wildman–Crippen LogP) is 3.27. The van der Waals surface area contributed by atoms with Crippen molar-refractivity contribution < 1.29 is 19.0 Å². The minimum Gasteiger partial charge on any atom is -0.503 e. The normalized spacial score (nSPS) is 20.0. The number of aromatic hydroxyl groups is 1. The van der Waals surface area contributed by atoms with Gasteiger partial charge in [-0.2, -0.15) is 0 Å². The lowest BCUT2D eigenvalue weighted by Gasteiger charge is -2.38. The zero-order valence-corrected chi connectivity index (χ0v) is 16.2. The first-order valence-electron chi connectivity index (χ1n) is 10.1. The molecule has 154 valence electrons. The predicted molar refractivity (Wildman–Crippen MR) is 105 cm³/mol. The van der Waals surface area contributed by atoms with E-state index in [4.69, 9.17) is 4.74 Å². The Labute approximate surface area is 168 Å².